The van der Waals surface area contributed by atoms with E-state index >= 15 is 0 Å². The van der Waals surface area contributed by atoms with E-state index in [1.807, 2.05) is 0 Å². The first-order valence-corrected chi connectivity index (χ1v) is 11.1. The van der Waals surface area contributed by atoms with E-state index in [2.05, 4.69) is 0 Å². The lowest BCUT2D eigenvalue weighted by Crippen LogP contribution is -2.50. The fraction of sp³-hybridized carbons (Fsp3) is 0.316. The molecule has 2 aromatic carbocycles. The largest absolute Gasteiger partial charge is 0.340 e. The molecular formula is C19H21FN2O3S2. The minimum Gasteiger partial charge on any atom is -0.340 e. The SMILES string of the molecule is O=C(CCSc1ccc(F)cc1)N1CCN(S(=O)(=O)c2ccccc2)CC1. The fourth-order valence-electron chi connectivity index (χ4n) is 2.86. The van der Waals surface area contributed by atoms with E-state index in [0.29, 0.717) is 38.4 Å². The Labute approximate surface area is 163 Å². The highest BCUT2D eigenvalue weighted by atomic mass is 32.2. The zero-order valence-electron chi connectivity index (χ0n) is 14.8. The highest BCUT2D eigenvalue weighted by Crippen LogP contribution is 2.20. The number of benzene rings is 2. The van der Waals surface area contributed by atoms with Crippen molar-refractivity contribution in [2.24, 2.45) is 0 Å². The number of carbonyl (C=O) groups excluding carboxylic acids is 1. The second-order valence-electron chi connectivity index (χ2n) is 6.15. The molecule has 1 aliphatic heterocycles. The molecule has 3 rings (SSSR count). The van der Waals surface area contributed by atoms with Gasteiger partial charge in [-0.05, 0) is 36.4 Å². The molecule has 0 bridgehead atoms. The van der Waals surface area contributed by atoms with E-state index in [1.165, 1.54) is 28.2 Å². The summed E-state index contributed by atoms with van der Waals surface area (Å²) in [5.41, 5.74) is 0. The van der Waals surface area contributed by atoms with E-state index in [4.69, 9.17) is 0 Å². The van der Waals surface area contributed by atoms with Crippen LogP contribution in [-0.2, 0) is 14.8 Å². The molecule has 0 aliphatic carbocycles. The van der Waals surface area contributed by atoms with Gasteiger partial charge in [-0.25, -0.2) is 12.8 Å². The Balaban J connectivity index is 1.47. The van der Waals surface area contributed by atoms with Crippen LogP contribution in [0.3, 0.4) is 0 Å². The summed E-state index contributed by atoms with van der Waals surface area (Å²) >= 11 is 1.50. The summed E-state index contributed by atoms with van der Waals surface area (Å²) in [5, 5.41) is 0. The van der Waals surface area contributed by atoms with Crippen LogP contribution in [0.1, 0.15) is 6.42 Å². The Bertz CT molecular complexity index is 866. The lowest BCUT2D eigenvalue weighted by atomic mass is 10.3. The molecule has 1 fully saturated rings. The Morgan fingerprint density at radius 1 is 0.963 bits per heavy atom. The molecule has 1 amide bonds. The van der Waals surface area contributed by atoms with Gasteiger partial charge in [-0.3, -0.25) is 4.79 Å². The second kappa shape index (κ2) is 8.86. The number of rotatable bonds is 6. The summed E-state index contributed by atoms with van der Waals surface area (Å²) in [4.78, 5) is 15.3. The minimum atomic E-state index is -3.51. The van der Waals surface area contributed by atoms with Gasteiger partial charge in [0.15, 0.2) is 0 Å². The maximum absolute atomic E-state index is 12.9. The summed E-state index contributed by atoms with van der Waals surface area (Å²) in [6.07, 6.45) is 0.369. The zero-order chi connectivity index (χ0) is 19.3. The first kappa shape index (κ1) is 19.9. The third kappa shape index (κ3) is 5.09. The first-order chi connectivity index (χ1) is 13.0. The van der Waals surface area contributed by atoms with E-state index in [1.54, 1.807) is 47.4 Å². The van der Waals surface area contributed by atoms with Gasteiger partial charge in [-0.2, -0.15) is 4.31 Å². The van der Waals surface area contributed by atoms with Crippen LogP contribution in [0.5, 0.6) is 0 Å². The molecule has 0 spiro atoms. The number of piperazine rings is 1. The average molecular weight is 409 g/mol. The normalized spacial score (nSPS) is 15.7. The molecule has 1 saturated heterocycles. The van der Waals surface area contributed by atoms with Crippen molar-refractivity contribution in [2.75, 3.05) is 31.9 Å². The second-order valence-corrected chi connectivity index (χ2v) is 9.26. The summed E-state index contributed by atoms with van der Waals surface area (Å²) in [6, 6.07) is 14.5. The van der Waals surface area contributed by atoms with Crippen LogP contribution in [0.4, 0.5) is 4.39 Å². The van der Waals surface area contributed by atoms with Crippen LogP contribution in [0.15, 0.2) is 64.4 Å². The van der Waals surface area contributed by atoms with Crippen molar-refractivity contribution in [1.82, 2.24) is 9.21 Å². The highest BCUT2D eigenvalue weighted by Gasteiger charge is 2.29. The third-order valence-corrected chi connectivity index (χ3v) is 7.30. The van der Waals surface area contributed by atoms with E-state index in [9.17, 15) is 17.6 Å². The monoisotopic (exact) mass is 408 g/mol. The maximum atomic E-state index is 12.9. The molecule has 8 heteroatoms. The molecule has 0 atom stereocenters. The molecule has 0 saturated carbocycles. The predicted molar refractivity (Wildman–Crippen MR) is 104 cm³/mol. The van der Waals surface area contributed by atoms with Crippen LogP contribution < -0.4 is 0 Å². The number of carbonyl (C=O) groups is 1. The summed E-state index contributed by atoms with van der Waals surface area (Å²) < 4.78 is 39.5. The van der Waals surface area contributed by atoms with Gasteiger partial charge in [0.1, 0.15) is 5.82 Å². The van der Waals surface area contributed by atoms with Crippen LogP contribution >= 0.6 is 11.8 Å². The van der Waals surface area contributed by atoms with Crippen molar-refractivity contribution in [3.8, 4) is 0 Å². The number of nitrogens with zero attached hydrogens (tertiary/aromatic N) is 2. The molecule has 0 unspecified atom stereocenters. The molecule has 2 aromatic rings. The molecule has 1 heterocycles. The van der Waals surface area contributed by atoms with Crippen molar-refractivity contribution < 1.29 is 17.6 Å². The summed E-state index contributed by atoms with van der Waals surface area (Å²) in [7, 11) is -3.51. The van der Waals surface area contributed by atoms with Crippen molar-refractivity contribution in [3.05, 3.63) is 60.4 Å². The van der Waals surface area contributed by atoms with Crippen LogP contribution in [0.2, 0.25) is 0 Å². The van der Waals surface area contributed by atoms with Gasteiger partial charge >= 0.3 is 0 Å². The molecule has 0 N–H and O–H groups in total. The van der Waals surface area contributed by atoms with Crippen LogP contribution in [0.25, 0.3) is 0 Å². The first-order valence-electron chi connectivity index (χ1n) is 8.68. The molecule has 144 valence electrons. The van der Waals surface area contributed by atoms with Gasteiger partial charge in [0, 0.05) is 43.2 Å². The molecule has 5 nitrogen and oxygen atoms in total. The van der Waals surface area contributed by atoms with E-state index in [-0.39, 0.29) is 16.6 Å². The fourth-order valence-corrected chi connectivity index (χ4v) is 5.15. The van der Waals surface area contributed by atoms with Crippen molar-refractivity contribution in [2.45, 2.75) is 16.2 Å². The predicted octanol–water partition coefficient (Wildman–Crippen LogP) is 2.84. The zero-order valence-corrected chi connectivity index (χ0v) is 16.4. The summed E-state index contributed by atoms with van der Waals surface area (Å²) in [6.45, 7) is 1.39. The number of hydrogen-bond acceptors (Lipinski definition) is 4. The van der Waals surface area contributed by atoms with Gasteiger partial charge in [-0.1, -0.05) is 18.2 Å². The molecule has 1 aliphatic rings. The van der Waals surface area contributed by atoms with Crippen molar-refractivity contribution in [3.63, 3.8) is 0 Å². The van der Waals surface area contributed by atoms with Crippen LogP contribution in [0, 0.1) is 5.82 Å². The third-order valence-electron chi connectivity index (χ3n) is 4.37. The topological polar surface area (TPSA) is 57.7 Å². The standard InChI is InChI=1S/C19H21FN2O3S2/c20-16-6-8-17(9-7-16)26-15-10-19(23)21-11-13-22(14-12-21)27(24,25)18-4-2-1-3-5-18/h1-9H,10-15H2. The highest BCUT2D eigenvalue weighted by molar-refractivity contribution is 7.99. The lowest BCUT2D eigenvalue weighted by Gasteiger charge is -2.34. The van der Waals surface area contributed by atoms with E-state index < -0.39 is 10.0 Å². The molecule has 0 aromatic heterocycles. The average Bonchev–Trinajstić information content (AvgIpc) is 2.70. The Kier molecular flexibility index (Phi) is 6.51. The Hall–Kier alpha value is -1.90. The Morgan fingerprint density at radius 3 is 2.22 bits per heavy atom. The van der Waals surface area contributed by atoms with Crippen LogP contribution in [-0.4, -0.2) is 55.5 Å². The van der Waals surface area contributed by atoms with Crippen molar-refractivity contribution >= 4 is 27.7 Å². The molecular weight excluding hydrogens is 387 g/mol. The van der Waals surface area contributed by atoms with Gasteiger partial charge in [-0.15, -0.1) is 11.8 Å². The smallest absolute Gasteiger partial charge is 0.243 e. The van der Waals surface area contributed by atoms with Crippen molar-refractivity contribution in [1.29, 1.82) is 0 Å². The van der Waals surface area contributed by atoms with Gasteiger partial charge < -0.3 is 4.90 Å². The molecule has 27 heavy (non-hydrogen) atoms. The number of sulfonamides is 1. The number of thioether (sulfide) groups is 1. The number of halogens is 1. The Morgan fingerprint density at radius 2 is 1.59 bits per heavy atom. The van der Waals surface area contributed by atoms with E-state index in [0.717, 1.165) is 4.90 Å². The maximum Gasteiger partial charge on any atom is 0.243 e. The summed E-state index contributed by atoms with van der Waals surface area (Å²) in [5.74, 6) is 0.340. The molecule has 0 radical (unpaired) electrons. The lowest BCUT2D eigenvalue weighted by molar-refractivity contribution is -0.131. The van der Waals surface area contributed by atoms with Gasteiger partial charge in [0.05, 0.1) is 4.90 Å². The number of amides is 1. The quantitative estimate of drug-likeness (QED) is 0.690. The minimum absolute atomic E-state index is 0.0152. The number of hydrogen-bond donors (Lipinski definition) is 0. The van der Waals surface area contributed by atoms with Gasteiger partial charge in [0.2, 0.25) is 15.9 Å². The van der Waals surface area contributed by atoms with Gasteiger partial charge in [0.25, 0.3) is 0 Å².